The molecule has 0 saturated heterocycles. The van der Waals surface area contributed by atoms with Gasteiger partial charge >= 0.3 is 11.8 Å². The molecule has 0 radical (unpaired) electrons. The van der Waals surface area contributed by atoms with Crippen LogP contribution in [-0.2, 0) is 16.1 Å². The maximum atomic E-state index is 12.1. The summed E-state index contributed by atoms with van der Waals surface area (Å²) in [5, 5.41) is 9.43. The van der Waals surface area contributed by atoms with Crippen molar-refractivity contribution in [2.45, 2.75) is 13.5 Å². The van der Waals surface area contributed by atoms with Gasteiger partial charge in [0.2, 0.25) is 0 Å². The number of para-hydroxylation sites is 1. The van der Waals surface area contributed by atoms with Crippen molar-refractivity contribution < 1.29 is 9.59 Å². The maximum Gasteiger partial charge on any atom is 0.314 e. The summed E-state index contributed by atoms with van der Waals surface area (Å²) < 4.78 is 3.52. The number of aromatic nitrogens is 3. The van der Waals surface area contributed by atoms with E-state index < -0.39 is 11.8 Å². The molecule has 2 aromatic heterocycles. The molecule has 0 saturated carbocycles. The van der Waals surface area contributed by atoms with E-state index in [0.29, 0.717) is 18.9 Å². The Labute approximate surface area is 145 Å². The molecular weight excluding hydrogens is 318 g/mol. The van der Waals surface area contributed by atoms with Gasteiger partial charge in [0, 0.05) is 31.5 Å². The van der Waals surface area contributed by atoms with E-state index in [2.05, 4.69) is 15.7 Å². The Hall–Kier alpha value is -3.35. The summed E-state index contributed by atoms with van der Waals surface area (Å²) in [6.45, 7) is 2.93. The number of rotatable bonds is 5. The molecule has 0 fully saturated rings. The van der Waals surface area contributed by atoms with E-state index in [9.17, 15) is 9.59 Å². The zero-order valence-corrected chi connectivity index (χ0v) is 13.8. The summed E-state index contributed by atoms with van der Waals surface area (Å²) in [6.07, 6.45) is 5.37. The Morgan fingerprint density at radius 3 is 2.56 bits per heavy atom. The summed E-state index contributed by atoms with van der Waals surface area (Å²) >= 11 is 0. The number of nitrogens with zero attached hydrogens (tertiary/aromatic N) is 3. The number of aryl methyl sites for hydroxylation is 1. The van der Waals surface area contributed by atoms with Gasteiger partial charge in [-0.2, -0.15) is 5.10 Å². The van der Waals surface area contributed by atoms with E-state index in [0.717, 1.165) is 11.3 Å². The third-order valence-corrected chi connectivity index (χ3v) is 3.76. The highest BCUT2D eigenvalue weighted by Crippen LogP contribution is 2.17. The molecule has 2 N–H and O–H groups in total. The maximum absolute atomic E-state index is 12.1. The van der Waals surface area contributed by atoms with Crippen LogP contribution in [0.4, 0.5) is 5.82 Å². The van der Waals surface area contributed by atoms with E-state index in [1.54, 1.807) is 16.9 Å². The van der Waals surface area contributed by atoms with Gasteiger partial charge < -0.3 is 15.2 Å². The van der Waals surface area contributed by atoms with Crippen molar-refractivity contribution in [1.29, 1.82) is 0 Å². The van der Waals surface area contributed by atoms with Crippen LogP contribution in [0.25, 0.3) is 5.69 Å². The van der Waals surface area contributed by atoms with Crippen LogP contribution in [0.2, 0.25) is 0 Å². The van der Waals surface area contributed by atoms with E-state index in [-0.39, 0.29) is 0 Å². The molecule has 25 heavy (non-hydrogen) atoms. The smallest absolute Gasteiger partial charge is 0.314 e. The third kappa shape index (κ3) is 3.95. The zero-order chi connectivity index (χ0) is 17.6. The molecule has 0 aliphatic rings. The predicted molar refractivity (Wildman–Crippen MR) is 94.4 cm³/mol. The highest BCUT2D eigenvalue weighted by atomic mass is 16.2. The number of benzene rings is 1. The summed E-state index contributed by atoms with van der Waals surface area (Å²) in [5.74, 6) is -0.951. The molecule has 0 atom stereocenters. The highest BCUT2D eigenvalue weighted by Gasteiger charge is 2.16. The van der Waals surface area contributed by atoms with Gasteiger partial charge in [-0.25, -0.2) is 4.68 Å². The van der Waals surface area contributed by atoms with Crippen LogP contribution in [0.1, 0.15) is 5.56 Å². The van der Waals surface area contributed by atoms with Crippen molar-refractivity contribution in [3.63, 3.8) is 0 Å². The molecule has 0 bridgehead atoms. The summed E-state index contributed by atoms with van der Waals surface area (Å²) in [6, 6.07) is 13.1. The van der Waals surface area contributed by atoms with Crippen molar-refractivity contribution in [1.82, 2.24) is 19.7 Å². The van der Waals surface area contributed by atoms with E-state index >= 15 is 0 Å². The molecule has 0 aliphatic heterocycles. The molecule has 7 heteroatoms. The molecule has 3 rings (SSSR count). The van der Waals surface area contributed by atoms with Gasteiger partial charge in [0.15, 0.2) is 0 Å². The van der Waals surface area contributed by atoms with Crippen molar-refractivity contribution >= 4 is 17.6 Å². The van der Waals surface area contributed by atoms with Crippen molar-refractivity contribution in [3.8, 4) is 5.69 Å². The van der Waals surface area contributed by atoms with Crippen molar-refractivity contribution in [2.75, 3.05) is 11.9 Å². The molecule has 1 aromatic carbocycles. The van der Waals surface area contributed by atoms with Gasteiger partial charge in [-0.3, -0.25) is 9.59 Å². The van der Waals surface area contributed by atoms with Gasteiger partial charge in [0.1, 0.15) is 5.82 Å². The van der Waals surface area contributed by atoms with Gasteiger partial charge in [-0.15, -0.1) is 0 Å². The first-order valence-electron chi connectivity index (χ1n) is 7.95. The fourth-order valence-corrected chi connectivity index (χ4v) is 2.46. The second-order valence-electron chi connectivity index (χ2n) is 5.55. The summed E-state index contributed by atoms with van der Waals surface area (Å²) in [4.78, 5) is 24.1. The van der Waals surface area contributed by atoms with Gasteiger partial charge in [-0.05, 0) is 30.7 Å². The van der Waals surface area contributed by atoms with Crippen LogP contribution >= 0.6 is 0 Å². The largest absolute Gasteiger partial charge is 0.353 e. The average Bonchev–Trinajstić information content (AvgIpc) is 3.27. The lowest BCUT2D eigenvalue weighted by Gasteiger charge is -2.11. The van der Waals surface area contributed by atoms with Crippen molar-refractivity contribution in [2.24, 2.45) is 0 Å². The molecule has 0 aliphatic carbocycles. The standard InChI is InChI=1S/C18H19N5O2/c1-14-6-2-3-7-15(14)23-16(8-9-20-23)21-18(25)17(24)19-10-13-22-11-4-5-12-22/h2-9,11-12H,10,13H2,1H3,(H,19,24)(H,21,25). The lowest BCUT2D eigenvalue weighted by Crippen LogP contribution is -2.37. The zero-order valence-electron chi connectivity index (χ0n) is 13.8. The minimum absolute atomic E-state index is 0.373. The number of hydrogen-bond acceptors (Lipinski definition) is 3. The average molecular weight is 337 g/mol. The minimum atomic E-state index is -0.720. The SMILES string of the molecule is Cc1ccccc1-n1nccc1NC(=O)C(=O)NCCn1cccc1. The van der Waals surface area contributed by atoms with E-state index in [1.807, 2.05) is 60.3 Å². The molecule has 0 spiro atoms. The van der Waals surface area contributed by atoms with Crippen LogP contribution in [0, 0.1) is 6.92 Å². The first-order valence-corrected chi connectivity index (χ1v) is 7.95. The predicted octanol–water partition coefficient (Wildman–Crippen LogP) is 1.74. The Kier molecular flexibility index (Phi) is 4.94. The summed E-state index contributed by atoms with van der Waals surface area (Å²) in [7, 11) is 0. The fourth-order valence-electron chi connectivity index (χ4n) is 2.46. The Balaban J connectivity index is 1.61. The van der Waals surface area contributed by atoms with Crippen LogP contribution in [0.15, 0.2) is 61.1 Å². The number of nitrogens with one attached hydrogen (secondary N) is 2. The third-order valence-electron chi connectivity index (χ3n) is 3.76. The normalized spacial score (nSPS) is 10.4. The topological polar surface area (TPSA) is 80.9 Å². The fraction of sp³-hybridized carbons (Fsp3) is 0.167. The van der Waals surface area contributed by atoms with Crippen LogP contribution in [0.5, 0.6) is 0 Å². The first-order chi connectivity index (χ1) is 12.1. The van der Waals surface area contributed by atoms with Gasteiger partial charge in [-0.1, -0.05) is 18.2 Å². The monoisotopic (exact) mass is 337 g/mol. The number of amides is 2. The second-order valence-corrected chi connectivity index (χ2v) is 5.55. The van der Waals surface area contributed by atoms with Crippen molar-refractivity contribution in [3.05, 3.63) is 66.6 Å². The van der Waals surface area contributed by atoms with Crippen LogP contribution < -0.4 is 10.6 Å². The molecule has 7 nitrogen and oxygen atoms in total. The highest BCUT2D eigenvalue weighted by molar-refractivity contribution is 6.39. The Bertz CT molecular complexity index is 867. The molecule has 2 heterocycles. The quantitative estimate of drug-likeness (QED) is 0.696. The second kappa shape index (κ2) is 7.48. The van der Waals surface area contributed by atoms with Crippen LogP contribution in [-0.4, -0.2) is 32.7 Å². The minimum Gasteiger partial charge on any atom is -0.353 e. The number of carbonyl (C=O) groups excluding carboxylic acids is 2. The van der Waals surface area contributed by atoms with E-state index in [4.69, 9.17) is 0 Å². The number of hydrogen-bond donors (Lipinski definition) is 2. The molecule has 2 amide bonds. The Morgan fingerprint density at radius 1 is 1.04 bits per heavy atom. The van der Waals surface area contributed by atoms with E-state index in [1.165, 1.54) is 0 Å². The first kappa shape index (κ1) is 16.5. The van der Waals surface area contributed by atoms with Crippen LogP contribution in [0.3, 0.4) is 0 Å². The van der Waals surface area contributed by atoms with Gasteiger partial charge in [0.05, 0.1) is 11.9 Å². The number of anilines is 1. The molecular formula is C18H19N5O2. The Morgan fingerprint density at radius 2 is 1.80 bits per heavy atom. The lowest BCUT2D eigenvalue weighted by atomic mass is 10.2. The number of carbonyl (C=O) groups is 2. The molecule has 128 valence electrons. The lowest BCUT2D eigenvalue weighted by molar-refractivity contribution is -0.136. The molecule has 3 aromatic rings. The summed E-state index contributed by atoms with van der Waals surface area (Å²) in [5.41, 5.74) is 1.86. The van der Waals surface area contributed by atoms with Gasteiger partial charge in [0.25, 0.3) is 0 Å². The molecule has 0 unspecified atom stereocenters.